The molecule has 0 bridgehead atoms. The molecule has 1 saturated heterocycles. The molecular formula is C36H43N7O3. The fourth-order valence-electron chi connectivity index (χ4n) is 6.67. The Bertz CT molecular complexity index is 1620. The Balaban J connectivity index is 1.25. The van der Waals surface area contributed by atoms with E-state index < -0.39 is 0 Å². The highest BCUT2D eigenvalue weighted by Crippen LogP contribution is 2.32. The van der Waals surface area contributed by atoms with Crippen LogP contribution in [0.2, 0.25) is 0 Å². The van der Waals surface area contributed by atoms with Crippen molar-refractivity contribution in [3.63, 3.8) is 0 Å². The van der Waals surface area contributed by atoms with Gasteiger partial charge in [0.25, 0.3) is 5.91 Å². The molecule has 2 fully saturated rings. The Morgan fingerprint density at radius 1 is 0.935 bits per heavy atom. The number of urea groups is 1. The van der Waals surface area contributed by atoms with Crippen molar-refractivity contribution < 1.29 is 14.3 Å². The van der Waals surface area contributed by atoms with E-state index in [1.54, 1.807) is 24.1 Å². The monoisotopic (exact) mass is 621 g/mol. The number of hydrogen-bond donors (Lipinski definition) is 3. The first-order valence-electron chi connectivity index (χ1n) is 16.3. The number of carbonyl (C=O) groups excluding carboxylic acids is 2. The number of pyridine rings is 1. The molecule has 0 radical (unpaired) electrons. The maximum absolute atomic E-state index is 13.7. The van der Waals surface area contributed by atoms with Gasteiger partial charge in [-0.1, -0.05) is 67.8 Å². The highest BCUT2D eigenvalue weighted by Gasteiger charge is 2.35. The Morgan fingerprint density at radius 3 is 2.41 bits per heavy atom. The summed E-state index contributed by atoms with van der Waals surface area (Å²) in [5.41, 5.74) is 4.58. The van der Waals surface area contributed by atoms with Crippen LogP contribution in [0.1, 0.15) is 59.6 Å². The number of ether oxygens (including phenoxy) is 1. The first-order chi connectivity index (χ1) is 22.5. The molecule has 2 aliphatic rings. The molecule has 240 valence electrons. The van der Waals surface area contributed by atoms with E-state index in [0.29, 0.717) is 23.8 Å². The van der Waals surface area contributed by atoms with Crippen molar-refractivity contribution in [2.45, 2.75) is 57.0 Å². The molecule has 46 heavy (non-hydrogen) atoms. The molecule has 0 spiro atoms. The molecule has 3 amide bonds. The summed E-state index contributed by atoms with van der Waals surface area (Å²) >= 11 is 0. The molecule has 2 atom stereocenters. The largest absolute Gasteiger partial charge is 0.383 e. The van der Waals surface area contributed by atoms with Crippen LogP contribution in [0.25, 0.3) is 16.9 Å². The van der Waals surface area contributed by atoms with Crippen molar-refractivity contribution in [3.05, 3.63) is 95.8 Å². The maximum atomic E-state index is 13.7. The number of methoxy groups -OCH3 is 1. The van der Waals surface area contributed by atoms with E-state index in [4.69, 9.17) is 9.84 Å². The Kier molecular flexibility index (Phi) is 10.0. The summed E-state index contributed by atoms with van der Waals surface area (Å²) in [5, 5.41) is 14.5. The average molecular weight is 622 g/mol. The highest BCUT2D eigenvalue weighted by molar-refractivity contribution is 5.94. The molecule has 4 aromatic rings. The number of hydrogen-bond acceptors (Lipinski definition) is 6. The van der Waals surface area contributed by atoms with Crippen LogP contribution in [-0.2, 0) is 4.74 Å². The minimum atomic E-state index is -0.298. The van der Waals surface area contributed by atoms with Crippen LogP contribution in [0.3, 0.4) is 0 Å². The fourth-order valence-corrected chi connectivity index (χ4v) is 6.67. The van der Waals surface area contributed by atoms with Crippen molar-refractivity contribution >= 4 is 17.8 Å². The first-order valence-corrected chi connectivity index (χ1v) is 16.3. The lowest BCUT2D eigenvalue weighted by molar-refractivity contribution is 0.0922. The van der Waals surface area contributed by atoms with Crippen LogP contribution >= 0.6 is 0 Å². The SMILES string of the molecule is COCCN1C[C@@H](NC(=O)Nc2c(C)c(-c3ccnc(C(=O)NC4CCCCC4)c3)nn2-c2ccccc2)[C@H](c2ccccc2)C1. The lowest BCUT2D eigenvalue weighted by Crippen LogP contribution is -2.42. The maximum Gasteiger partial charge on any atom is 0.320 e. The first kappa shape index (κ1) is 31.4. The second-order valence-electron chi connectivity index (χ2n) is 12.3. The summed E-state index contributed by atoms with van der Waals surface area (Å²) in [7, 11) is 1.71. The van der Waals surface area contributed by atoms with Gasteiger partial charge in [0, 0.05) is 56.0 Å². The summed E-state index contributed by atoms with van der Waals surface area (Å²) in [6.45, 7) is 4.94. The van der Waals surface area contributed by atoms with Gasteiger partial charge in [-0.2, -0.15) is 5.10 Å². The summed E-state index contributed by atoms with van der Waals surface area (Å²) < 4.78 is 7.08. The number of anilines is 1. The number of amides is 3. The molecule has 0 unspecified atom stereocenters. The van der Waals surface area contributed by atoms with E-state index in [2.05, 4.69) is 38.0 Å². The van der Waals surface area contributed by atoms with Gasteiger partial charge >= 0.3 is 6.03 Å². The van der Waals surface area contributed by atoms with Crippen molar-refractivity contribution in [2.75, 3.05) is 38.7 Å². The molecule has 6 rings (SSSR count). The Labute approximate surface area is 270 Å². The second kappa shape index (κ2) is 14.7. The van der Waals surface area contributed by atoms with Gasteiger partial charge in [-0.3, -0.25) is 20.0 Å². The van der Waals surface area contributed by atoms with Crippen LogP contribution < -0.4 is 16.0 Å². The summed E-state index contributed by atoms with van der Waals surface area (Å²) in [5.74, 6) is 0.541. The molecule has 2 aromatic carbocycles. The van der Waals surface area contributed by atoms with Gasteiger partial charge in [0.15, 0.2) is 0 Å². The minimum absolute atomic E-state index is 0.0856. The number of rotatable bonds is 10. The van der Waals surface area contributed by atoms with Crippen molar-refractivity contribution in [2.24, 2.45) is 0 Å². The number of nitrogens with one attached hydrogen (secondary N) is 3. The number of nitrogens with zero attached hydrogens (tertiary/aromatic N) is 4. The number of carbonyl (C=O) groups is 2. The molecule has 10 heteroatoms. The topological polar surface area (TPSA) is 113 Å². The van der Waals surface area contributed by atoms with E-state index in [9.17, 15) is 9.59 Å². The Hall–Kier alpha value is -4.54. The molecule has 1 aliphatic heterocycles. The third-order valence-corrected chi connectivity index (χ3v) is 9.11. The highest BCUT2D eigenvalue weighted by atomic mass is 16.5. The van der Waals surface area contributed by atoms with Gasteiger partial charge in [-0.15, -0.1) is 0 Å². The quantitative estimate of drug-likeness (QED) is 0.214. The zero-order chi connectivity index (χ0) is 31.9. The lowest BCUT2D eigenvalue weighted by Gasteiger charge is -2.22. The van der Waals surface area contributed by atoms with Crippen molar-refractivity contribution in [1.29, 1.82) is 0 Å². The van der Waals surface area contributed by atoms with Crippen LogP contribution in [0.4, 0.5) is 10.6 Å². The van der Waals surface area contributed by atoms with Crippen LogP contribution in [-0.4, -0.2) is 77.0 Å². The summed E-state index contributed by atoms with van der Waals surface area (Å²) in [6.07, 6.45) is 7.14. The molecule has 10 nitrogen and oxygen atoms in total. The third kappa shape index (κ3) is 7.29. The molecule has 3 N–H and O–H groups in total. The van der Waals surface area contributed by atoms with E-state index in [1.807, 2.05) is 61.5 Å². The van der Waals surface area contributed by atoms with Gasteiger partial charge < -0.3 is 15.4 Å². The molecule has 1 saturated carbocycles. The molecule has 2 aromatic heterocycles. The predicted molar refractivity (Wildman–Crippen MR) is 179 cm³/mol. The standard InChI is InChI=1S/C36H43N7O3/c1-25-33(27-18-19-37-31(22-27)35(44)38-28-14-8-4-9-15-28)41-43(29-16-10-5-11-17-29)34(25)40-36(45)39-32-24-42(20-21-46-2)23-30(32)26-12-6-3-7-13-26/h3,5-7,10-13,16-19,22,28,30,32H,4,8-9,14-15,20-21,23-24H2,1-2H3,(H,38,44)(H2,39,40,45)/t30-,32+/m0/s1. The van der Waals surface area contributed by atoms with Gasteiger partial charge in [0.05, 0.1) is 24.0 Å². The summed E-state index contributed by atoms with van der Waals surface area (Å²) in [4.78, 5) is 33.5. The van der Waals surface area contributed by atoms with Crippen molar-refractivity contribution in [3.8, 4) is 16.9 Å². The average Bonchev–Trinajstić information content (AvgIpc) is 3.65. The van der Waals surface area contributed by atoms with E-state index in [0.717, 1.165) is 62.1 Å². The number of likely N-dealkylation sites (tertiary alicyclic amines) is 1. The fraction of sp³-hybridized carbons (Fsp3) is 0.389. The second-order valence-corrected chi connectivity index (χ2v) is 12.3. The Morgan fingerprint density at radius 2 is 1.67 bits per heavy atom. The zero-order valence-electron chi connectivity index (χ0n) is 26.6. The molecule has 1 aliphatic carbocycles. The van der Waals surface area contributed by atoms with E-state index >= 15 is 0 Å². The van der Waals surface area contributed by atoms with E-state index in [-0.39, 0.29) is 29.9 Å². The normalized spacial score (nSPS) is 18.7. The minimum Gasteiger partial charge on any atom is -0.383 e. The summed E-state index contributed by atoms with van der Waals surface area (Å²) in [6, 6.07) is 23.5. The van der Waals surface area contributed by atoms with E-state index in [1.165, 1.54) is 12.0 Å². The number of para-hydroxylation sites is 1. The van der Waals surface area contributed by atoms with Crippen LogP contribution in [0.5, 0.6) is 0 Å². The van der Waals surface area contributed by atoms with Gasteiger partial charge in [-0.25, -0.2) is 9.48 Å². The third-order valence-electron chi connectivity index (χ3n) is 9.11. The zero-order valence-corrected chi connectivity index (χ0v) is 26.6. The van der Waals surface area contributed by atoms with Crippen LogP contribution in [0, 0.1) is 6.92 Å². The molecule has 3 heterocycles. The van der Waals surface area contributed by atoms with Crippen LogP contribution in [0.15, 0.2) is 79.0 Å². The predicted octanol–water partition coefficient (Wildman–Crippen LogP) is 5.54. The smallest absolute Gasteiger partial charge is 0.320 e. The van der Waals surface area contributed by atoms with Gasteiger partial charge in [0.1, 0.15) is 11.5 Å². The molecular weight excluding hydrogens is 578 g/mol. The van der Waals surface area contributed by atoms with Gasteiger partial charge in [-0.05, 0) is 49.6 Å². The van der Waals surface area contributed by atoms with Gasteiger partial charge in [0.2, 0.25) is 0 Å². The number of aromatic nitrogens is 3. The van der Waals surface area contributed by atoms with Crippen molar-refractivity contribution in [1.82, 2.24) is 30.3 Å². The number of benzene rings is 2. The lowest BCUT2D eigenvalue weighted by atomic mass is 9.94.